The standard InChI is InChI=1S/C27H28N4O4/c1-34-24-18-25(35-2)30-26(29-24)20-14-16-31(17-15-20)27(33)21-10-6-7-11-22(21)28-23(32)13-12-19-8-4-3-5-9-19/h3-13,18,20H,14-17H2,1-2H3,(H,28,32). The molecule has 1 N–H and O–H groups in total. The summed E-state index contributed by atoms with van der Waals surface area (Å²) in [6.07, 6.45) is 4.64. The summed E-state index contributed by atoms with van der Waals surface area (Å²) in [5.41, 5.74) is 1.88. The Bertz CT molecular complexity index is 1180. The molecular formula is C27H28N4O4. The average molecular weight is 473 g/mol. The van der Waals surface area contributed by atoms with Gasteiger partial charge in [0, 0.05) is 25.1 Å². The Morgan fingerprint density at radius 2 is 1.57 bits per heavy atom. The van der Waals surface area contributed by atoms with Crippen LogP contribution in [0.3, 0.4) is 0 Å². The van der Waals surface area contributed by atoms with Crippen molar-refractivity contribution < 1.29 is 19.1 Å². The molecule has 35 heavy (non-hydrogen) atoms. The molecule has 4 rings (SSSR count). The molecule has 2 aromatic carbocycles. The number of carbonyl (C=O) groups excluding carboxylic acids is 2. The van der Waals surface area contributed by atoms with E-state index in [1.807, 2.05) is 30.3 Å². The first-order chi connectivity index (χ1) is 17.1. The second kappa shape index (κ2) is 11.3. The van der Waals surface area contributed by atoms with Crippen molar-refractivity contribution in [2.45, 2.75) is 18.8 Å². The van der Waals surface area contributed by atoms with Crippen LogP contribution in [0.25, 0.3) is 6.08 Å². The van der Waals surface area contributed by atoms with E-state index in [9.17, 15) is 9.59 Å². The molecule has 0 saturated carbocycles. The van der Waals surface area contributed by atoms with Crippen LogP contribution in [-0.4, -0.2) is 54.0 Å². The summed E-state index contributed by atoms with van der Waals surface area (Å²) in [5.74, 6) is 1.26. The highest BCUT2D eigenvalue weighted by atomic mass is 16.5. The number of benzene rings is 2. The zero-order valence-electron chi connectivity index (χ0n) is 19.8. The molecule has 0 aliphatic carbocycles. The number of aromatic nitrogens is 2. The molecule has 0 bridgehead atoms. The maximum Gasteiger partial charge on any atom is 0.255 e. The summed E-state index contributed by atoms with van der Waals surface area (Å²) >= 11 is 0. The van der Waals surface area contributed by atoms with E-state index in [1.165, 1.54) is 6.08 Å². The second-order valence-corrected chi connectivity index (χ2v) is 8.16. The lowest BCUT2D eigenvalue weighted by molar-refractivity contribution is -0.111. The SMILES string of the molecule is COc1cc(OC)nc(C2CCN(C(=O)c3ccccc3NC(=O)C=Cc3ccccc3)CC2)n1. The van der Waals surface area contributed by atoms with Crippen molar-refractivity contribution in [2.75, 3.05) is 32.6 Å². The van der Waals surface area contributed by atoms with Crippen LogP contribution in [0.15, 0.2) is 66.7 Å². The van der Waals surface area contributed by atoms with Crippen LogP contribution < -0.4 is 14.8 Å². The summed E-state index contributed by atoms with van der Waals surface area (Å²) < 4.78 is 10.5. The number of piperidine rings is 1. The monoisotopic (exact) mass is 472 g/mol. The van der Waals surface area contributed by atoms with Gasteiger partial charge in [0.25, 0.3) is 5.91 Å². The van der Waals surface area contributed by atoms with Crippen molar-refractivity contribution in [3.8, 4) is 11.8 Å². The van der Waals surface area contributed by atoms with E-state index in [2.05, 4.69) is 15.3 Å². The number of nitrogens with one attached hydrogen (secondary N) is 1. The fraction of sp³-hybridized carbons (Fsp3) is 0.259. The van der Waals surface area contributed by atoms with Gasteiger partial charge < -0.3 is 19.7 Å². The highest BCUT2D eigenvalue weighted by Crippen LogP contribution is 2.30. The van der Waals surface area contributed by atoms with Gasteiger partial charge in [0.05, 0.1) is 31.5 Å². The van der Waals surface area contributed by atoms with E-state index in [4.69, 9.17) is 9.47 Å². The predicted octanol–water partition coefficient (Wildman–Crippen LogP) is 4.17. The van der Waals surface area contributed by atoms with Crippen molar-refractivity contribution in [3.05, 3.63) is 83.7 Å². The zero-order valence-corrected chi connectivity index (χ0v) is 19.8. The van der Waals surface area contributed by atoms with Crippen LogP contribution in [0.2, 0.25) is 0 Å². The number of anilines is 1. The number of hydrogen-bond donors (Lipinski definition) is 1. The molecule has 1 aliphatic heterocycles. The van der Waals surface area contributed by atoms with Gasteiger partial charge in [-0.3, -0.25) is 9.59 Å². The van der Waals surface area contributed by atoms with E-state index in [0.717, 1.165) is 18.4 Å². The number of amides is 2. The van der Waals surface area contributed by atoms with Crippen LogP contribution >= 0.6 is 0 Å². The molecule has 1 aromatic heterocycles. The summed E-state index contributed by atoms with van der Waals surface area (Å²) in [7, 11) is 3.11. The summed E-state index contributed by atoms with van der Waals surface area (Å²) in [6.45, 7) is 1.12. The molecule has 2 heterocycles. The normalized spacial score (nSPS) is 14.1. The van der Waals surface area contributed by atoms with Gasteiger partial charge in [0.15, 0.2) is 0 Å². The first-order valence-corrected chi connectivity index (χ1v) is 11.5. The molecule has 0 unspecified atom stereocenters. The molecule has 0 spiro atoms. The van der Waals surface area contributed by atoms with E-state index in [1.54, 1.807) is 55.5 Å². The van der Waals surface area contributed by atoms with Gasteiger partial charge in [0.1, 0.15) is 5.82 Å². The van der Waals surface area contributed by atoms with Crippen LogP contribution in [0.4, 0.5) is 5.69 Å². The van der Waals surface area contributed by atoms with Crippen LogP contribution in [0, 0.1) is 0 Å². The first-order valence-electron chi connectivity index (χ1n) is 11.5. The highest BCUT2D eigenvalue weighted by Gasteiger charge is 2.28. The number of methoxy groups -OCH3 is 2. The average Bonchev–Trinajstić information content (AvgIpc) is 2.92. The predicted molar refractivity (Wildman–Crippen MR) is 134 cm³/mol. The van der Waals surface area contributed by atoms with E-state index in [-0.39, 0.29) is 17.7 Å². The maximum absolute atomic E-state index is 13.3. The van der Waals surface area contributed by atoms with E-state index >= 15 is 0 Å². The van der Waals surface area contributed by atoms with Crippen LogP contribution in [0.1, 0.15) is 40.5 Å². The quantitative estimate of drug-likeness (QED) is 0.519. The third-order valence-electron chi connectivity index (χ3n) is 5.90. The summed E-state index contributed by atoms with van der Waals surface area (Å²) in [5, 5.41) is 2.84. The second-order valence-electron chi connectivity index (χ2n) is 8.16. The zero-order chi connectivity index (χ0) is 24.6. The topological polar surface area (TPSA) is 93.7 Å². The van der Waals surface area contributed by atoms with Gasteiger partial charge in [-0.15, -0.1) is 0 Å². The minimum Gasteiger partial charge on any atom is -0.481 e. The molecule has 8 nitrogen and oxygen atoms in total. The lowest BCUT2D eigenvalue weighted by Gasteiger charge is -2.32. The number of carbonyl (C=O) groups is 2. The van der Waals surface area contributed by atoms with Crippen molar-refractivity contribution in [2.24, 2.45) is 0 Å². The molecule has 0 atom stereocenters. The third-order valence-corrected chi connectivity index (χ3v) is 5.90. The molecule has 180 valence electrons. The molecular weight excluding hydrogens is 444 g/mol. The number of hydrogen-bond acceptors (Lipinski definition) is 6. The smallest absolute Gasteiger partial charge is 0.255 e. The Morgan fingerprint density at radius 1 is 0.943 bits per heavy atom. The summed E-state index contributed by atoms with van der Waals surface area (Å²) in [6, 6.07) is 18.3. The molecule has 1 fully saturated rings. The number of para-hydroxylation sites is 1. The molecule has 2 amide bonds. The Morgan fingerprint density at radius 3 is 2.23 bits per heavy atom. The molecule has 1 saturated heterocycles. The van der Waals surface area contributed by atoms with Gasteiger partial charge in [0.2, 0.25) is 17.7 Å². The summed E-state index contributed by atoms with van der Waals surface area (Å²) in [4.78, 5) is 36.5. The minimum atomic E-state index is -0.295. The van der Waals surface area contributed by atoms with Crippen molar-refractivity contribution >= 4 is 23.6 Å². The lowest BCUT2D eigenvalue weighted by Crippen LogP contribution is -2.38. The largest absolute Gasteiger partial charge is 0.481 e. The maximum atomic E-state index is 13.3. The fourth-order valence-electron chi connectivity index (χ4n) is 4.01. The van der Waals surface area contributed by atoms with Gasteiger partial charge >= 0.3 is 0 Å². The Balaban J connectivity index is 1.41. The van der Waals surface area contributed by atoms with Gasteiger partial charge in [-0.2, -0.15) is 9.97 Å². The molecule has 1 aliphatic rings. The van der Waals surface area contributed by atoms with E-state index in [0.29, 0.717) is 41.9 Å². The molecule has 3 aromatic rings. The van der Waals surface area contributed by atoms with Crippen LogP contribution in [0.5, 0.6) is 11.8 Å². The van der Waals surface area contributed by atoms with Crippen molar-refractivity contribution in [1.82, 2.24) is 14.9 Å². The van der Waals surface area contributed by atoms with Crippen LogP contribution in [-0.2, 0) is 4.79 Å². The van der Waals surface area contributed by atoms with Crippen molar-refractivity contribution in [3.63, 3.8) is 0 Å². The molecule has 0 radical (unpaired) electrons. The first kappa shape index (κ1) is 23.9. The van der Waals surface area contributed by atoms with Crippen molar-refractivity contribution in [1.29, 1.82) is 0 Å². The van der Waals surface area contributed by atoms with Gasteiger partial charge in [-0.25, -0.2) is 0 Å². The number of likely N-dealkylation sites (tertiary alicyclic amines) is 1. The third kappa shape index (κ3) is 6.03. The Hall–Kier alpha value is -4.20. The lowest BCUT2D eigenvalue weighted by atomic mass is 9.95. The van der Waals surface area contributed by atoms with Gasteiger partial charge in [-0.1, -0.05) is 42.5 Å². The Kier molecular flexibility index (Phi) is 7.72. The minimum absolute atomic E-state index is 0.0983. The number of rotatable bonds is 7. The fourth-order valence-corrected chi connectivity index (χ4v) is 4.01. The highest BCUT2D eigenvalue weighted by molar-refractivity contribution is 6.07. The van der Waals surface area contributed by atoms with Gasteiger partial charge in [-0.05, 0) is 36.6 Å². The number of nitrogens with zero attached hydrogens (tertiary/aromatic N) is 3. The molecule has 8 heteroatoms. The van der Waals surface area contributed by atoms with E-state index < -0.39 is 0 Å². The number of ether oxygens (including phenoxy) is 2. The Labute approximate surface area is 204 Å².